The van der Waals surface area contributed by atoms with E-state index in [0.29, 0.717) is 18.0 Å². The maximum absolute atomic E-state index is 10.7. The van der Waals surface area contributed by atoms with Gasteiger partial charge >= 0.3 is 0 Å². The zero-order valence-corrected chi connectivity index (χ0v) is 17.2. The molecule has 2 atom stereocenters. The summed E-state index contributed by atoms with van der Waals surface area (Å²) in [6.45, 7) is 6.47. The van der Waals surface area contributed by atoms with Gasteiger partial charge in [0.25, 0.3) is 0 Å². The molecule has 1 saturated heterocycles. The zero-order valence-electron chi connectivity index (χ0n) is 16.5. The smallest absolute Gasteiger partial charge is 0.126 e. The number of likely N-dealkylation sites (tertiary alicyclic amines) is 1. The van der Waals surface area contributed by atoms with Gasteiger partial charge < -0.3 is 19.8 Å². The quantitative estimate of drug-likeness (QED) is 0.803. The molecule has 0 aromatic heterocycles. The summed E-state index contributed by atoms with van der Waals surface area (Å²) < 4.78 is 6.34. The van der Waals surface area contributed by atoms with E-state index in [1.54, 1.807) is 12.1 Å². The van der Waals surface area contributed by atoms with Crippen LogP contribution in [0.25, 0.3) is 0 Å². The van der Waals surface area contributed by atoms with Gasteiger partial charge in [0.2, 0.25) is 0 Å². The largest absolute Gasteiger partial charge is 0.487 e. The Bertz CT molecular complexity index is 861. The van der Waals surface area contributed by atoms with Gasteiger partial charge in [-0.2, -0.15) is 0 Å². The maximum Gasteiger partial charge on any atom is 0.126 e. The molecular weight excluding hydrogens is 374 g/mol. The van der Waals surface area contributed by atoms with Crippen molar-refractivity contribution in [1.29, 1.82) is 0 Å². The molecule has 2 N–H and O–H groups in total. The van der Waals surface area contributed by atoms with Crippen LogP contribution in [0.15, 0.2) is 36.4 Å². The molecule has 2 aromatic rings. The fraction of sp³-hybridized carbons (Fsp3) is 0.478. The molecule has 2 aliphatic rings. The van der Waals surface area contributed by atoms with E-state index in [4.69, 9.17) is 16.3 Å². The fourth-order valence-electron chi connectivity index (χ4n) is 4.38. The molecule has 1 fully saturated rings. The summed E-state index contributed by atoms with van der Waals surface area (Å²) in [7, 11) is 0. The van der Waals surface area contributed by atoms with Crippen LogP contribution in [0.3, 0.4) is 0 Å². The van der Waals surface area contributed by atoms with E-state index < -0.39 is 12.2 Å². The van der Waals surface area contributed by atoms with Crippen LogP contribution in [0.4, 0.5) is 0 Å². The van der Waals surface area contributed by atoms with Gasteiger partial charge in [0.05, 0.1) is 12.2 Å². The second-order valence-electron chi connectivity index (χ2n) is 8.35. The number of aliphatic hydroxyl groups is 2. The first kappa shape index (κ1) is 19.7. The lowest BCUT2D eigenvalue weighted by Gasteiger charge is -2.46. The number of ether oxygens (including phenoxy) is 1. The SMILES string of the molecule is Cc1ccc(C(O)CN2CCC3(CC2)CC(O)c2cc(Cl)ccc2O3)cc1C. The monoisotopic (exact) mass is 401 g/mol. The number of β-amino-alcohol motifs (C(OH)–C–C–N with tert-alkyl or cyclic N) is 1. The highest BCUT2D eigenvalue weighted by Gasteiger charge is 2.43. The van der Waals surface area contributed by atoms with Gasteiger partial charge in [0, 0.05) is 36.6 Å². The Morgan fingerprint density at radius 2 is 1.89 bits per heavy atom. The third-order valence-electron chi connectivity index (χ3n) is 6.34. The Morgan fingerprint density at radius 1 is 1.14 bits per heavy atom. The number of aryl methyl sites for hydroxylation is 2. The first-order valence-corrected chi connectivity index (χ1v) is 10.4. The van der Waals surface area contributed by atoms with E-state index >= 15 is 0 Å². The predicted octanol–water partition coefficient (Wildman–Crippen LogP) is 4.34. The molecule has 0 aliphatic carbocycles. The van der Waals surface area contributed by atoms with E-state index in [9.17, 15) is 10.2 Å². The number of hydrogen-bond acceptors (Lipinski definition) is 4. The standard InChI is InChI=1S/C23H28ClNO3/c1-15-3-4-17(11-16(15)2)21(27)14-25-9-7-23(8-10-25)13-20(26)19-12-18(24)5-6-22(19)28-23/h3-6,11-12,20-21,26-27H,7-10,13-14H2,1-2H3. The van der Waals surface area contributed by atoms with Gasteiger partial charge in [-0.1, -0.05) is 29.8 Å². The normalized spacial score (nSPS) is 22.5. The minimum atomic E-state index is -0.546. The van der Waals surface area contributed by atoms with Gasteiger partial charge in [-0.3, -0.25) is 0 Å². The molecule has 4 nitrogen and oxygen atoms in total. The summed E-state index contributed by atoms with van der Waals surface area (Å²) in [6, 6.07) is 11.6. The lowest BCUT2D eigenvalue weighted by molar-refractivity contribution is -0.0587. The summed E-state index contributed by atoms with van der Waals surface area (Å²) in [4.78, 5) is 2.29. The van der Waals surface area contributed by atoms with E-state index in [2.05, 4.69) is 30.9 Å². The van der Waals surface area contributed by atoms with Crippen LogP contribution < -0.4 is 4.74 Å². The summed E-state index contributed by atoms with van der Waals surface area (Å²) in [5.74, 6) is 0.742. The van der Waals surface area contributed by atoms with E-state index in [0.717, 1.165) is 42.8 Å². The highest BCUT2D eigenvalue weighted by atomic mass is 35.5. The second-order valence-corrected chi connectivity index (χ2v) is 8.78. The van der Waals surface area contributed by atoms with Gasteiger partial charge in [-0.05, 0) is 61.6 Å². The minimum absolute atomic E-state index is 0.331. The van der Waals surface area contributed by atoms with Crippen molar-refractivity contribution in [3.05, 3.63) is 63.7 Å². The Balaban J connectivity index is 1.39. The fourth-order valence-corrected chi connectivity index (χ4v) is 4.56. The Labute approximate surface area is 171 Å². The summed E-state index contributed by atoms with van der Waals surface area (Å²) in [5.41, 5.74) is 3.87. The minimum Gasteiger partial charge on any atom is -0.487 e. The second kappa shape index (κ2) is 7.68. The van der Waals surface area contributed by atoms with Gasteiger partial charge in [-0.25, -0.2) is 0 Å². The number of fused-ring (bicyclic) bond motifs is 1. The Kier molecular flexibility index (Phi) is 5.41. The van der Waals surface area contributed by atoms with Crippen molar-refractivity contribution in [3.63, 3.8) is 0 Å². The first-order chi connectivity index (χ1) is 13.3. The van der Waals surface area contributed by atoms with E-state index in [-0.39, 0.29) is 5.60 Å². The van der Waals surface area contributed by atoms with Crippen molar-refractivity contribution in [3.8, 4) is 5.75 Å². The molecule has 2 unspecified atom stereocenters. The molecule has 2 aliphatic heterocycles. The molecule has 0 saturated carbocycles. The molecule has 2 aromatic carbocycles. The van der Waals surface area contributed by atoms with Gasteiger partial charge in [0.1, 0.15) is 11.4 Å². The van der Waals surface area contributed by atoms with Crippen LogP contribution in [-0.4, -0.2) is 40.3 Å². The van der Waals surface area contributed by atoms with Crippen LogP contribution in [0.1, 0.15) is 53.7 Å². The van der Waals surface area contributed by atoms with Crippen molar-refractivity contribution in [2.24, 2.45) is 0 Å². The summed E-state index contributed by atoms with van der Waals surface area (Å²) in [6.07, 6.45) is 1.23. The third kappa shape index (κ3) is 3.92. The average Bonchev–Trinajstić information content (AvgIpc) is 2.67. The van der Waals surface area contributed by atoms with Crippen LogP contribution in [0.2, 0.25) is 5.02 Å². The zero-order chi connectivity index (χ0) is 19.9. The van der Waals surface area contributed by atoms with E-state index in [1.807, 2.05) is 12.1 Å². The molecule has 1 spiro atoms. The van der Waals surface area contributed by atoms with Crippen LogP contribution >= 0.6 is 11.6 Å². The number of halogens is 1. The molecule has 4 rings (SSSR count). The van der Waals surface area contributed by atoms with Crippen LogP contribution in [0, 0.1) is 13.8 Å². The van der Waals surface area contributed by atoms with Crippen LogP contribution in [0.5, 0.6) is 5.75 Å². The summed E-state index contributed by atoms with van der Waals surface area (Å²) >= 11 is 6.06. The highest BCUT2D eigenvalue weighted by Crippen LogP contribution is 2.45. The van der Waals surface area contributed by atoms with Gasteiger partial charge in [0.15, 0.2) is 0 Å². The first-order valence-electron chi connectivity index (χ1n) is 9.99. The van der Waals surface area contributed by atoms with Crippen molar-refractivity contribution in [1.82, 2.24) is 4.90 Å². The van der Waals surface area contributed by atoms with Crippen molar-refractivity contribution >= 4 is 11.6 Å². The Morgan fingerprint density at radius 3 is 2.61 bits per heavy atom. The van der Waals surface area contributed by atoms with Crippen molar-refractivity contribution < 1.29 is 14.9 Å². The number of nitrogens with zero attached hydrogens (tertiary/aromatic N) is 1. The maximum atomic E-state index is 10.7. The number of rotatable bonds is 3. The van der Waals surface area contributed by atoms with E-state index in [1.165, 1.54) is 11.1 Å². The summed E-state index contributed by atoms with van der Waals surface area (Å²) in [5, 5.41) is 21.9. The molecule has 0 bridgehead atoms. The molecule has 5 heteroatoms. The highest BCUT2D eigenvalue weighted by molar-refractivity contribution is 6.30. The Hall–Kier alpha value is -1.59. The van der Waals surface area contributed by atoms with Crippen molar-refractivity contribution in [2.45, 2.75) is 50.9 Å². The predicted molar refractivity (Wildman–Crippen MR) is 111 cm³/mol. The lowest BCUT2D eigenvalue weighted by atomic mass is 9.81. The number of hydrogen-bond donors (Lipinski definition) is 2. The topological polar surface area (TPSA) is 52.9 Å². The molecule has 28 heavy (non-hydrogen) atoms. The molecule has 0 radical (unpaired) electrons. The average molecular weight is 402 g/mol. The molecular formula is C23H28ClNO3. The van der Waals surface area contributed by atoms with Gasteiger partial charge in [-0.15, -0.1) is 0 Å². The number of piperidine rings is 1. The molecule has 2 heterocycles. The number of benzene rings is 2. The third-order valence-corrected chi connectivity index (χ3v) is 6.57. The lowest BCUT2D eigenvalue weighted by Crippen LogP contribution is -2.51. The van der Waals surface area contributed by atoms with Crippen LogP contribution in [-0.2, 0) is 0 Å². The molecule has 150 valence electrons. The molecule has 0 amide bonds. The number of aliphatic hydroxyl groups excluding tert-OH is 2. The van der Waals surface area contributed by atoms with Crippen molar-refractivity contribution in [2.75, 3.05) is 19.6 Å².